The first-order valence-corrected chi connectivity index (χ1v) is 8.52. The topological polar surface area (TPSA) is 46.5 Å². The van der Waals surface area contributed by atoms with E-state index in [0.29, 0.717) is 6.29 Å². The number of aliphatic hydroxyl groups excluding tert-OH is 1. The zero-order chi connectivity index (χ0) is 17.1. The van der Waals surface area contributed by atoms with Gasteiger partial charge in [-0.3, -0.25) is 4.79 Å². The molecule has 1 aromatic carbocycles. The Morgan fingerprint density at radius 1 is 1.26 bits per heavy atom. The van der Waals surface area contributed by atoms with Crippen molar-refractivity contribution in [2.75, 3.05) is 13.7 Å². The summed E-state index contributed by atoms with van der Waals surface area (Å²) in [5, 5.41) is 8.00. The lowest BCUT2D eigenvalue weighted by Gasteiger charge is -2.28. The number of carbonyl (C=O) groups excluding carboxylic acids is 1. The zero-order valence-corrected chi connectivity index (χ0v) is 14.5. The summed E-state index contributed by atoms with van der Waals surface area (Å²) in [7, 11) is 1.73. The molecule has 1 N–H and O–H groups in total. The van der Waals surface area contributed by atoms with Crippen LogP contribution >= 0.6 is 0 Å². The highest BCUT2D eigenvalue weighted by molar-refractivity contribution is 5.72. The highest BCUT2D eigenvalue weighted by Crippen LogP contribution is 2.37. The fourth-order valence-corrected chi connectivity index (χ4v) is 3.11. The van der Waals surface area contributed by atoms with E-state index in [1.165, 1.54) is 44.1 Å². The highest BCUT2D eigenvalue weighted by atomic mass is 16.5. The van der Waals surface area contributed by atoms with E-state index < -0.39 is 0 Å². The number of rotatable bonds is 6. The molecule has 0 unspecified atom stereocenters. The number of aliphatic hydroxyl groups is 1. The van der Waals surface area contributed by atoms with E-state index in [0.717, 1.165) is 17.6 Å². The fourth-order valence-electron chi connectivity index (χ4n) is 3.11. The maximum Gasteiger partial charge on any atom is 0.147 e. The van der Waals surface area contributed by atoms with Crippen molar-refractivity contribution in [1.82, 2.24) is 0 Å². The predicted octanol–water partition coefficient (Wildman–Crippen LogP) is 4.50. The van der Waals surface area contributed by atoms with Gasteiger partial charge in [-0.25, -0.2) is 0 Å². The van der Waals surface area contributed by atoms with Crippen molar-refractivity contribution in [1.29, 1.82) is 0 Å². The number of hydrogen-bond acceptors (Lipinski definition) is 3. The van der Waals surface area contributed by atoms with Gasteiger partial charge in [0, 0.05) is 5.57 Å². The minimum absolute atomic E-state index is 0.218. The van der Waals surface area contributed by atoms with Crippen LogP contribution in [0.3, 0.4) is 0 Å². The van der Waals surface area contributed by atoms with Crippen LogP contribution in [0.25, 0.3) is 0 Å². The van der Waals surface area contributed by atoms with Crippen LogP contribution in [-0.4, -0.2) is 25.1 Å². The SMILES string of the molecule is C=C(C=O)CO.CCCC1CCC(c2ccc(OC)cc2)CC1. The third-order valence-electron chi connectivity index (χ3n) is 4.50. The molecule has 0 radical (unpaired) electrons. The molecule has 0 saturated heterocycles. The molecule has 0 aliphatic heterocycles. The van der Waals surface area contributed by atoms with Gasteiger partial charge in [0.2, 0.25) is 0 Å². The molecule has 1 aromatic rings. The monoisotopic (exact) mass is 318 g/mol. The van der Waals surface area contributed by atoms with Crippen molar-refractivity contribution in [3.63, 3.8) is 0 Å². The average Bonchev–Trinajstić information content (AvgIpc) is 2.62. The van der Waals surface area contributed by atoms with Crippen molar-refractivity contribution < 1.29 is 14.6 Å². The highest BCUT2D eigenvalue weighted by Gasteiger charge is 2.21. The molecule has 0 spiro atoms. The Kier molecular flexibility index (Phi) is 9.30. The third-order valence-corrected chi connectivity index (χ3v) is 4.50. The average molecular weight is 318 g/mol. The predicted molar refractivity (Wildman–Crippen MR) is 94.9 cm³/mol. The Bertz CT molecular complexity index is 456. The van der Waals surface area contributed by atoms with Crippen molar-refractivity contribution in [3.05, 3.63) is 42.0 Å². The van der Waals surface area contributed by atoms with Gasteiger partial charge in [-0.05, 0) is 55.2 Å². The molecule has 128 valence electrons. The van der Waals surface area contributed by atoms with Crippen molar-refractivity contribution in [3.8, 4) is 5.75 Å². The summed E-state index contributed by atoms with van der Waals surface area (Å²) in [4.78, 5) is 9.48. The lowest BCUT2D eigenvalue weighted by atomic mass is 9.77. The van der Waals surface area contributed by atoms with Crippen LogP contribution in [0, 0.1) is 5.92 Å². The van der Waals surface area contributed by atoms with Crippen LogP contribution in [0.4, 0.5) is 0 Å². The van der Waals surface area contributed by atoms with Gasteiger partial charge in [0.15, 0.2) is 0 Å². The Morgan fingerprint density at radius 3 is 2.26 bits per heavy atom. The van der Waals surface area contributed by atoms with Crippen molar-refractivity contribution in [2.24, 2.45) is 5.92 Å². The normalized spacial score (nSPS) is 20.1. The number of ether oxygens (including phenoxy) is 1. The van der Waals surface area contributed by atoms with Gasteiger partial charge in [-0.1, -0.05) is 38.5 Å². The van der Waals surface area contributed by atoms with E-state index in [-0.39, 0.29) is 12.2 Å². The van der Waals surface area contributed by atoms with Crippen LogP contribution in [0.5, 0.6) is 5.75 Å². The van der Waals surface area contributed by atoms with Gasteiger partial charge < -0.3 is 9.84 Å². The minimum Gasteiger partial charge on any atom is -0.497 e. The molecule has 1 aliphatic carbocycles. The quantitative estimate of drug-likeness (QED) is 0.620. The largest absolute Gasteiger partial charge is 0.497 e. The van der Waals surface area contributed by atoms with E-state index in [1.54, 1.807) is 7.11 Å². The molecular weight excluding hydrogens is 288 g/mol. The summed E-state index contributed by atoms with van der Waals surface area (Å²) in [6, 6.07) is 8.66. The first-order chi connectivity index (χ1) is 11.1. The molecule has 0 atom stereocenters. The second kappa shape index (κ2) is 11.0. The lowest BCUT2D eigenvalue weighted by Crippen LogP contribution is -2.13. The second-order valence-corrected chi connectivity index (χ2v) is 6.21. The molecule has 3 heteroatoms. The Labute approximate surface area is 140 Å². The van der Waals surface area contributed by atoms with E-state index in [9.17, 15) is 4.79 Å². The maximum atomic E-state index is 9.48. The molecule has 2 rings (SSSR count). The Balaban J connectivity index is 0.000000379. The first-order valence-electron chi connectivity index (χ1n) is 8.52. The zero-order valence-electron chi connectivity index (χ0n) is 14.5. The summed E-state index contributed by atoms with van der Waals surface area (Å²) in [5.41, 5.74) is 1.72. The smallest absolute Gasteiger partial charge is 0.147 e. The molecular formula is C20H30O3. The number of aldehydes is 1. The molecule has 0 bridgehead atoms. The minimum atomic E-state index is -0.233. The maximum absolute atomic E-state index is 9.48. The number of carbonyl (C=O) groups is 1. The molecule has 1 aliphatic rings. The third kappa shape index (κ3) is 7.00. The van der Waals surface area contributed by atoms with E-state index in [2.05, 4.69) is 37.8 Å². The van der Waals surface area contributed by atoms with Gasteiger partial charge in [-0.15, -0.1) is 0 Å². The number of hydrogen-bond donors (Lipinski definition) is 1. The molecule has 1 saturated carbocycles. The van der Waals surface area contributed by atoms with Crippen molar-refractivity contribution >= 4 is 6.29 Å². The van der Waals surface area contributed by atoms with Crippen LogP contribution in [0.15, 0.2) is 36.4 Å². The summed E-state index contributed by atoms with van der Waals surface area (Å²) < 4.78 is 5.21. The van der Waals surface area contributed by atoms with E-state index in [1.807, 2.05) is 0 Å². The van der Waals surface area contributed by atoms with E-state index in [4.69, 9.17) is 9.84 Å². The summed E-state index contributed by atoms with van der Waals surface area (Å²) >= 11 is 0. The lowest BCUT2D eigenvalue weighted by molar-refractivity contribution is -0.105. The van der Waals surface area contributed by atoms with Crippen LogP contribution < -0.4 is 4.74 Å². The molecule has 3 nitrogen and oxygen atoms in total. The summed E-state index contributed by atoms with van der Waals surface area (Å²) in [5.74, 6) is 2.75. The van der Waals surface area contributed by atoms with Gasteiger partial charge in [-0.2, -0.15) is 0 Å². The Hall–Kier alpha value is -1.61. The number of benzene rings is 1. The summed E-state index contributed by atoms with van der Waals surface area (Å²) in [6.45, 7) is 5.24. The molecule has 0 amide bonds. The van der Waals surface area contributed by atoms with Gasteiger partial charge >= 0.3 is 0 Å². The van der Waals surface area contributed by atoms with Crippen molar-refractivity contribution in [2.45, 2.75) is 51.4 Å². The van der Waals surface area contributed by atoms with Crippen LogP contribution in [-0.2, 0) is 4.79 Å². The van der Waals surface area contributed by atoms with Crippen LogP contribution in [0.1, 0.15) is 56.9 Å². The van der Waals surface area contributed by atoms with Gasteiger partial charge in [0.25, 0.3) is 0 Å². The second-order valence-electron chi connectivity index (χ2n) is 6.21. The van der Waals surface area contributed by atoms with Crippen LogP contribution in [0.2, 0.25) is 0 Å². The molecule has 0 heterocycles. The fraction of sp³-hybridized carbons (Fsp3) is 0.550. The Morgan fingerprint density at radius 2 is 1.87 bits per heavy atom. The van der Waals surface area contributed by atoms with E-state index >= 15 is 0 Å². The molecule has 23 heavy (non-hydrogen) atoms. The summed E-state index contributed by atoms with van der Waals surface area (Å²) in [6.07, 6.45) is 8.89. The van der Waals surface area contributed by atoms with Gasteiger partial charge in [0.1, 0.15) is 12.0 Å². The number of methoxy groups -OCH3 is 1. The molecule has 0 aromatic heterocycles. The standard InChI is InChI=1S/C16H24O.C4H6O2/c1-3-4-13-5-7-14(8-6-13)15-9-11-16(17-2)12-10-15;1-4(2-5)3-6/h9-14H,3-8H2,1-2H3;2,6H,1,3H2. The first kappa shape index (κ1) is 19.4. The molecule has 1 fully saturated rings. The van der Waals surface area contributed by atoms with Gasteiger partial charge in [0.05, 0.1) is 13.7 Å².